The monoisotopic (exact) mass is 358 g/mol. The lowest BCUT2D eigenvalue weighted by Crippen LogP contribution is -2.25. The number of aromatic nitrogens is 1. The van der Waals surface area contributed by atoms with Crippen LogP contribution in [0.1, 0.15) is 13.3 Å². The summed E-state index contributed by atoms with van der Waals surface area (Å²) in [7, 11) is 1.54. The molecule has 0 N–H and O–H groups in total. The molecule has 108 valence electrons. The van der Waals surface area contributed by atoms with Crippen molar-refractivity contribution in [2.24, 2.45) is 5.92 Å². The molecule has 2 heterocycles. The molecular weight excluding hydrogens is 344 g/mol. The maximum atomic E-state index is 12.1. The van der Waals surface area contributed by atoms with E-state index in [1.807, 2.05) is 6.07 Å². The Morgan fingerprint density at radius 1 is 1.65 bits per heavy atom. The normalized spacial score (nSPS) is 18.4. The lowest BCUT2D eigenvalue weighted by atomic mass is 10.1. The summed E-state index contributed by atoms with van der Waals surface area (Å²) in [4.78, 5) is 28.9. The van der Waals surface area contributed by atoms with E-state index < -0.39 is 0 Å². The Labute approximate surface area is 130 Å². The van der Waals surface area contributed by atoms with Crippen LogP contribution < -0.4 is 9.64 Å². The molecule has 1 unspecified atom stereocenters. The van der Waals surface area contributed by atoms with Crippen LogP contribution in [0.4, 0.5) is 5.69 Å². The highest BCUT2D eigenvalue weighted by atomic mass is 79.9. The van der Waals surface area contributed by atoms with Crippen LogP contribution in [0, 0.1) is 5.92 Å². The number of nitrogens with zero attached hydrogens (tertiary/aromatic N) is 2. The Kier molecular flexibility index (Phi) is 5.04. The minimum Gasteiger partial charge on any atom is -0.480 e. The van der Waals surface area contributed by atoms with Gasteiger partial charge in [-0.3, -0.25) is 9.59 Å². The van der Waals surface area contributed by atoms with Gasteiger partial charge in [0.05, 0.1) is 23.5 Å². The minimum atomic E-state index is 0.0676. The fourth-order valence-corrected chi connectivity index (χ4v) is 3.28. The summed E-state index contributed by atoms with van der Waals surface area (Å²) < 4.78 is 5.79. The molecule has 0 saturated carbocycles. The second-order valence-electron chi connectivity index (χ2n) is 4.56. The average molecular weight is 359 g/mol. The third kappa shape index (κ3) is 3.52. The Hall–Kier alpha value is -1.08. The van der Waals surface area contributed by atoms with Gasteiger partial charge in [-0.05, 0) is 27.9 Å². The van der Waals surface area contributed by atoms with Gasteiger partial charge in [-0.1, -0.05) is 11.8 Å². The van der Waals surface area contributed by atoms with Gasteiger partial charge in [0.1, 0.15) is 0 Å². The van der Waals surface area contributed by atoms with Crippen LogP contribution >= 0.6 is 27.7 Å². The van der Waals surface area contributed by atoms with Gasteiger partial charge in [-0.2, -0.15) is 0 Å². The number of ether oxygens (including phenoxy) is 1. The molecule has 1 atom stereocenters. The largest absolute Gasteiger partial charge is 0.480 e. The van der Waals surface area contributed by atoms with E-state index in [0.29, 0.717) is 29.1 Å². The standard InChI is InChI=1S/C13H15BrN2O3S/c1-8(17)20-7-9-3-12(18)16(6-9)10-4-11(14)13(19-2)15-5-10/h4-5,9H,3,6-7H2,1-2H3. The third-order valence-corrected chi connectivity index (χ3v) is 4.64. The third-order valence-electron chi connectivity index (χ3n) is 3.03. The van der Waals surface area contributed by atoms with E-state index >= 15 is 0 Å². The highest BCUT2D eigenvalue weighted by Crippen LogP contribution is 2.31. The summed E-state index contributed by atoms with van der Waals surface area (Å²) >= 11 is 4.64. The molecule has 0 aliphatic carbocycles. The molecule has 1 saturated heterocycles. The van der Waals surface area contributed by atoms with Crippen molar-refractivity contribution in [2.45, 2.75) is 13.3 Å². The van der Waals surface area contributed by atoms with Crippen molar-refractivity contribution in [3.8, 4) is 5.88 Å². The predicted octanol–water partition coefficient (Wildman–Crippen LogP) is 2.49. The maximum absolute atomic E-state index is 12.1. The number of pyridine rings is 1. The van der Waals surface area contributed by atoms with Gasteiger partial charge in [0.15, 0.2) is 5.12 Å². The number of thioether (sulfide) groups is 1. The minimum absolute atomic E-state index is 0.0676. The zero-order valence-corrected chi connectivity index (χ0v) is 13.7. The number of hydrogen-bond acceptors (Lipinski definition) is 5. The van der Waals surface area contributed by atoms with Crippen molar-refractivity contribution < 1.29 is 14.3 Å². The number of rotatable bonds is 4. The molecule has 0 spiro atoms. The summed E-state index contributed by atoms with van der Waals surface area (Å²) in [6.45, 7) is 2.17. The molecule has 0 bridgehead atoms. The topological polar surface area (TPSA) is 59.5 Å². The molecule has 7 heteroatoms. The summed E-state index contributed by atoms with van der Waals surface area (Å²) in [5.74, 6) is 1.45. The fourth-order valence-electron chi connectivity index (χ4n) is 2.09. The summed E-state index contributed by atoms with van der Waals surface area (Å²) in [6, 6.07) is 1.82. The molecule has 1 aromatic rings. The van der Waals surface area contributed by atoms with Crippen molar-refractivity contribution in [1.82, 2.24) is 4.98 Å². The van der Waals surface area contributed by atoms with Crippen LogP contribution in [0.3, 0.4) is 0 Å². The van der Waals surface area contributed by atoms with Gasteiger partial charge in [0, 0.05) is 25.6 Å². The Bertz CT molecular complexity index is 538. The SMILES string of the molecule is COc1ncc(N2CC(CSC(C)=O)CC2=O)cc1Br. The van der Waals surface area contributed by atoms with E-state index in [1.54, 1.807) is 25.1 Å². The molecule has 1 aliphatic rings. The zero-order chi connectivity index (χ0) is 14.7. The first-order chi connectivity index (χ1) is 9.51. The fraction of sp³-hybridized carbons (Fsp3) is 0.462. The van der Waals surface area contributed by atoms with Gasteiger partial charge < -0.3 is 9.64 Å². The van der Waals surface area contributed by atoms with Crippen molar-refractivity contribution in [3.05, 3.63) is 16.7 Å². The van der Waals surface area contributed by atoms with Crippen LogP contribution in [0.15, 0.2) is 16.7 Å². The Morgan fingerprint density at radius 3 is 3.00 bits per heavy atom. The average Bonchev–Trinajstić information content (AvgIpc) is 2.77. The van der Waals surface area contributed by atoms with E-state index in [1.165, 1.54) is 11.8 Å². The molecule has 0 aromatic carbocycles. The van der Waals surface area contributed by atoms with E-state index in [-0.39, 0.29) is 16.9 Å². The highest BCUT2D eigenvalue weighted by Gasteiger charge is 2.31. The number of hydrogen-bond donors (Lipinski definition) is 0. The Morgan fingerprint density at radius 2 is 2.40 bits per heavy atom. The first-order valence-electron chi connectivity index (χ1n) is 6.14. The van der Waals surface area contributed by atoms with Gasteiger partial charge in [-0.25, -0.2) is 4.98 Å². The van der Waals surface area contributed by atoms with E-state index in [9.17, 15) is 9.59 Å². The lowest BCUT2D eigenvalue weighted by Gasteiger charge is -2.17. The maximum Gasteiger partial charge on any atom is 0.227 e. The van der Waals surface area contributed by atoms with Gasteiger partial charge in [0.2, 0.25) is 11.8 Å². The second-order valence-corrected chi connectivity index (χ2v) is 6.61. The molecule has 0 radical (unpaired) electrons. The van der Waals surface area contributed by atoms with Gasteiger partial charge >= 0.3 is 0 Å². The highest BCUT2D eigenvalue weighted by molar-refractivity contribution is 9.10. The first-order valence-corrected chi connectivity index (χ1v) is 7.92. The zero-order valence-electron chi connectivity index (χ0n) is 11.3. The number of methoxy groups -OCH3 is 1. The number of halogens is 1. The van der Waals surface area contributed by atoms with Crippen LogP contribution in [-0.4, -0.2) is 35.4 Å². The number of anilines is 1. The number of carbonyl (C=O) groups excluding carboxylic acids is 2. The predicted molar refractivity (Wildman–Crippen MR) is 82.1 cm³/mol. The number of amides is 1. The van der Waals surface area contributed by atoms with Crippen LogP contribution in [-0.2, 0) is 9.59 Å². The van der Waals surface area contributed by atoms with Crippen LogP contribution in [0.25, 0.3) is 0 Å². The molecule has 1 amide bonds. The molecule has 2 rings (SSSR count). The molecule has 1 aliphatic heterocycles. The molecule has 20 heavy (non-hydrogen) atoms. The van der Waals surface area contributed by atoms with Gasteiger partial charge in [0.25, 0.3) is 0 Å². The molecule has 1 fully saturated rings. The van der Waals surface area contributed by atoms with Crippen LogP contribution in [0.2, 0.25) is 0 Å². The van der Waals surface area contributed by atoms with E-state index in [4.69, 9.17) is 4.74 Å². The van der Waals surface area contributed by atoms with Crippen molar-refractivity contribution in [1.29, 1.82) is 0 Å². The molecule has 1 aromatic heterocycles. The summed E-state index contributed by atoms with van der Waals surface area (Å²) in [6.07, 6.45) is 2.10. The summed E-state index contributed by atoms with van der Waals surface area (Å²) in [5.41, 5.74) is 0.748. The molecule has 5 nitrogen and oxygen atoms in total. The first kappa shape index (κ1) is 15.3. The van der Waals surface area contributed by atoms with Gasteiger partial charge in [-0.15, -0.1) is 0 Å². The second kappa shape index (κ2) is 6.58. The number of carbonyl (C=O) groups is 2. The summed E-state index contributed by atoms with van der Waals surface area (Å²) in [5, 5.41) is 0.0877. The van der Waals surface area contributed by atoms with Crippen molar-refractivity contribution in [2.75, 3.05) is 24.3 Å². The molecular formula is C13H15BrN2O3S. The van der Waals surface area contributed by atoms with Crippen molar-refractivity contribution in [3.63, 3.8) is 0 Å². The quantitative estimate of drug-likeness (QED) is 0.827. The lowest BCUT2D eigenvalue weighted by molar-refractivity contribution is -0.117. The Balaban J connectivity index is 2.07. The van der Waals surface area contributed by atoms with E-state index in [0.717, 1.165) is 5.69 Å². The van der Waals surface area contributed by atoms with E-state index in [2.05, 4.69) is 20.9 Å². The van der Waals surface area contributed by atoms with Crippen molar-refractivity contribution >= 4 is 44.4 Å². The smallest absolute Gasteiger partial charge is 0.227 e. The van der Waals surface area contributed by atoms with Crippen LogP contribution in [0.5, 0.6) is 5.88 Å².